The molecular weight excluding hydrogens is 396 g/mol. The van der Waals surface area contributed by atoms with E-state index in [0.717, 1.165) is 6.07 Å². The second-order valence-corrected chi connectivity index (χ2v) is 8.09. The van der Waals surface area contributed by atoms with Crippen LogP contribution in [0.3, 0.4) is 0 Å². The normalized spacial score (nSPS) is 14.8. The molecule has 1 aliphatic rings. The summed E-state index contributed by atoms with van der Waals surface area (Å²) in [6.45, 7) is 1.02. The number of benzene rings is 2. The van der Waals surface area contributed by atoms with E-state index in [1.807, 2.05) is 0 Å². The Bertz CT molecular complexity index is 992. The van der Waals surface area contributed by atoms with Crippen molar-refractivity contribution in [2.24, 2.45) is 0 Å². The van der Waals surface area contributed by atoms with Gasteiger partial charge >= 0.3 is 0 Å². The Balaban J connectivity index is 2.10. The number of hydrogen-bond acceptors (Lipinski definition) is 2. The second-order valence-electron chi connectivity index (χ2n) is 6.26. The van der Waals surface area contributed by atoms with E-state index >= 15 is 0 Å². The molecule has 1 fully saturated rings. The first-order chi connectivity index (χ1) is 12.6. The van der Waals surface area contributed by atoms with Crippen molar-refractivity contribution in [3.8, 4) is 0 Å². The van der Waals surface area contributed by atoms with Gasteiger partial charge in [-0.1, -0.05) is 12.1 Å². The summed E-state index contributed by atoms with van der Waals surface area (Å²) in [5.41, 5.74) is 0.483. The van der Waals surface area contributed by atoms with Crippen LogP contribution < -0.4 is 0 Å². The van der Waals surface area contributed by atoms with E-state index in [-0.39, 0.29) is 5.56 Å². The Labute approximate surface area is 151 Å². The molecule has 0 aliphatic heterocycles. The van der Waals surface area contributed by atoms with Gasteiger partial charge < -0.3 is 0 Å². The molecule has 1 saturated carbocycles. The molecule has 0 heterocycles. The van der Waals surface area contributed by atoms with Crippen molar-refractivity contribution < 1.29 is 34.8 Å². The van der Waals surface area contributed by atoms with Gasteiger partial charge in [0.1, 0.15) is 5.82 Å². The Morgan fingerprint density at radius 3 is 1.93 bits per heavy atom. The van der Waals surface area contributed by atoms with Gasteiger partial charge in [0.15, 0.2) is 28.2 Å². The smallest absolute Gasteiger partial charge is 0.207 e. The van der Waals surface area contributed by atoms with E-state index in [2.05, 4.69) is 0 Å². The minimum absolute atomic E-state index is 0.178. The predicted molar refractivity (Wildman–Crippen MR) is 83.1 cm³/mol. The monoisotopic (exact) mass is 409 g/mol. The van der Waals surface area contributed by atoms with E-state index in [4.69, 9.17) is 0 Å². The quantitative estimate of drug-likeness (QED) is 0.422. The Hall–Kier alpha value is -2.07. The van der Waals surface area contributed by atoms with Crippen molar-refractivity contribution in [3.05, 3.63) is 64.2 Å². The lowest BCUT2D eigenvalue weighted by Gasteiger charge is -2.23. The molecule has 2 aromatic carbocycles. The van der Waals surface area contributed by atoms with E-state index in [0.29, 0.717) is 22.7 Å². The van der Waals surface area contributed by atoms with Crippen LogP contribution in [0.5, 0.6) is 0 Å². The highest BCUT2D eigenvalue weighted by Crippen LogP contribution is 2.36. The number of sulfonamides is 1. The summed E-state index contributed by atoms with van der Waals surface area (Å²) in [5, 5.41) is 0. The van der Waals surface area contributed by atoms with Gasteiger partial charge in [-0.05, 0) is 37.0 Å². The third kappa shape index (κ3) is 3.43. The SMILES string of the molecule is Cc1ccc(CN(C2CC2)S(=O)(=O)c2c(F)c(F)c(F)c(F)c2F)cc1F. The van der Waals surface area contributed by atoms with Crippen LogP contribution in [0.4, 0.5) is 26.3 Å². The summed E-state index contributed by atoms with van der Waals surface area (Å²) in [7, 11) is -5.07. The van der Waals surface area contributed by atoms with Crippen molar-refractivity contribution >= 4 is 10.0 Å². The van der Waals surface area contributed by atoms with E-state index < -0.39 is 62.4 Å². The van der Waals surface area contributed by atoms with Crippen LogP contribution in [0.15, 0.2) is 23.1 Å². The number of halogens is 6. The lowest BCUT2D eigenvalue weighted by atomic mass is 10.1. The van der Waals surface area contributed by atoms with Crippen molar-refractivity contribution in [3.63, 3.8) is 0 Å². The molecular formula is C17H13F6NO2S. The molecule has 0 N–H and O–H groups in total. The van der Waals surface area contributed by atoms with Crippen LogP contribution in [0.25, 0.3) is 0 Å². The van der Waals surface area contributed by atoms with Gasteiger partial charge in [0.05, 0.1) is 0 Å². The van der Waals surface area contributed by atoms with Gasteiger partial charge in [-0.3, -0.25) is 0 Å². The summed E-state index contributed by atoms with van der Waals surface area (Å²) in [6, 6.07) is 3.19. The zero-order valence-electron chi connectivity index (χ0n) is 13.9. The molecule has 2 aromatic rings. The molecule has 10 heteroatoms. The molecule has 27 heavy (non-hydrogen) atoms. The van der Waals surface area contributed by atoms with Gasteiger partial charge in [0.25, 0.3) is 0 Å². The van der Waals surface area contributed by atoms with Gasteiger partial charge in [-0.2, -0.15) is 4.31 Å². The van der Waals surface area contributed by atoms with Crippen molar-refractivity contribution in [1.82, 2.24) is 4.31 Å². The molecule has 0 saturated heterocycles. The van der Waals surface area contributed by atoms with Crippen LogP contribution in [0, 0.1) is 41.8 Å². The molecule has 0 bridgehead atoms. The van der Waals surface area contributed by atoms with Crippen LogP contribution in [-0.2, 0) is 16.6 Å². The third-order valence-corrected chi connectivity index (χ3v) is 6.18. The molecule has 3 nitrogen and oxygen atoms in total. The molecule has 146 valence electrons. The van der Waals surface area contributed by atoms with E-state index in [1.54, 1.807) is 0 Å². The van der Waals surface area contributed by atoms with E-state index in [1.165, 1.54) is 19.1 Å². The summed E-state index contributed by atoms with van der Waals surface area (Å²) in [6.07, 6.45) is 0.700. The van der Waals surface area contributed by atoms with Crippen LogP contribution >= 0.6 is 0 Å². The maximum atomic E-state index is 14.0. The minimum Gasteiger partial charge on any atom is -0.207 e. The molecule has 0 aromatic heterocycles. The topological polar surface area (TPSA) is 37.4 Å². The first-order valence-corrected chi connectivity index (χ1v) is 9.28. The number of rotatable bonds is 5. The lowest BCUT2D eigenvalue weighted by Crippen LogP contribution is -2.34. The number of nitrogens with zero attached hydrogens (tertiary/aromatic N) is 1. The van der Waals surface area contributed by atoms with Crippen molar-refractivity contribution in [2.45, 2.75) is 37.2 Å². The van der Waals surface area contributed by atoms with Crippen LogP contribution in [-0.4, -0.2) is 18.8 Å². The van der Waals surface area contributed by atoms with Crippen molar-refractivity contribution in [2.75, 3.05) is 0 Å². The molecule has 0 amide bonds. The number of aryl methyl sites for hydroxylation is 1. The summed E-state index contributed by atoms with van der Waals surface area (Å²) >= 11 is 0. The molecule has 1 aliphatic carbocycles. The predicted octanol–water partition coefficient (Wildman–Crippen LogP) is 4.18. The van der Waals surface area contributed by atoms with Gasteiger partial charge in [0, 0.05) is 12.6 Å². The molecule has 0 unspecified atom stereocenters. The number of hydrogen-bond donors (Lipinski definition) is 0. The molecule has 0 atom stereocenters. The summed E-state index contributed by atoms with van der Waals surface area (Å²) in [5.74, 6) is -12.6. The fourth-order valence-corrected chi connectivity index (χ4v) is 4.41. The first kappa shape index (κ1) is 19.7. The first-order valence-electron chi connectivity index (χ1n) is 7.84. The zero-order chi connectivity index (χ0) is 20.1. The Morgan fingerprint density at radius 2 is 1.44 bits per heavy atom. The minimum atomic E-state index is -5.07. The van der Waals surface area contributed by atoms with E-state index in [9.17, 15) is 34.8 Å². The highest BCUT2D eigenvalue weighted by molar-refractivity contribution is 7.89. The second kappa shape index (κ2) is 6.83. The summed E-state index contributed by atoms with van der Waals surface area (Å²) in [4.78, 5) is -1.90. The molecule has 3 rings (SSSR count). The Kier molecular flexibility index (Phi) is 4.98. The average molecular weight is 409 g/mol. The highest BCUT2D eigenvalue weighted by Gasteiger charge is 2.43. The van der Waals surface area contributed by atoms with Gasteiger partial charge in [-0.25, -0.2) is 34.8 Å². The van der Waals surface area contributed by atoms with Gasteiger partial charge in [-0.15, -0.1) is 0 Å². The Morgan fingerprint density at radius 1 is 0.926 bits per heavy atom. The fourth-order valence-electron chi connectivity index (χ4n) is 2.62. The fraction of sp³-hybridized carbons (Fsp3) is 0.294. The average Bonchev–Trinajstić information content (AvgIpc) is 3.43. The maximum Gasteiger partial charge on any atom is 0.249 e. The lowest BCUT2D eigenvalue weighted by molar-refractivity contribution is 0.346. The summed E-state index contributed by atoms with van der Waals surface area (Å²) < 4.78 is 108. The molecule has 0 spiro atoms. The maximum absolute atomic E-state index is 14.0. The highest BCUT2D eigenvalue weighted by atomic mass is 32.2. The van der Waals surface area contributed by atoms with Gasteiger partial charge in [0.2, 0.25) is 15.8 Å². The third-order valence-electron chi connectivity index (χ3n) is 4.27. The molecule has 0 radical (unpaired) electrons. The standard InChI is InChI=1S/C17H13F6NO2S/c1-8-2-3-9(6-11(8)18)7-24(10-4-5-10)27(25,26)17-15(22)13(20)12(19)14(21)16(17)23/h2-3,6,10H,4-5,7H2,1H3. The zero-order valence-corrected chi connectivity index (χ0v) is 14.7. The largest absolute Gasteiger partial charge is 0.249 e. The van der Waals surface area contributed by atoms with Crippen molar-refractivity contribution in [1.29, 1.82) is 0 Å². The van der Waals surface area contributed by atoms with Crippen LogP contribution in [0.1, 0.15) is 24.0 Å². The van der Waals surface area contributed by atoms with Crippen LogP contribution in [0.2, 0.25) is 0 Å².